The smallest absolute Gasteiger partial charge is 0.158 e. The molecule has 0 spiro atoms. The molecule has 0 radical (unpaired) electrons. The Morgan fingerprint density at radius 3 is 2.92 bits per heavy atom. The van der Waals surface area contributed by atoms with Crippen molar-refractivity contribution < 1.29 is 0 Å². The van der Waals surface area contributed by atoms with Crippen LogP contribution in [0.3, 0.4) is 0 Å². The topological polar surface area (TPSA) is 75.1 Å². The normalized spacial score (nSPS) is 14.6. The predicted molar refractivity (Wildman–Crippen MR) is 100.0 cm³/mol. The number of nitrogens with zero attached hydrogens (tertiary/aromatic N) is 4. The zero-order chi connectivity index (χ0) is 16.7. The summed E-state index contributed by atoms with van der Waals surface area (Å²) in [6.07, 6.45) is 3.33. The summed E-state index contributed by atoms with van der Waals surface area (Å²) in [4.78, 5) is 16.8. The Balaban J connectivity index is 1.57. The molecule has 0 aliphatic carbocycles. The molecule has 4 heterocycles. The van der Waals surface area contributed by atoms with E-state index in [-0.39, 0.29) is 5.41 Å². The number of rotatable bonds is 3. The number of nitrogens with one attached hydrogen (secondary N) is 2. The Bertz CT molecular complexity index is 897. The van der Waals surface area contributed by atoms with Crippen molar-refractivity contribution in [2.75, 3.05) is 5.43 Å². The molecule has 0 aromatic carbocycles. The lowest BCUT2D eigenvalue weighted by Gasteiger charge is -2.14. The number of thiophene rings is 1. The van der Waals surface area contributed by atoms with Crippen molar-refractivity contribution >= 4 is 44.9 Å². The summed E-state index contributed by atoms with van der Waals surface area (Å²) in [6, 6.07) is 2.15. The molecule has 124 valence electrons. The summed E-state index contributed by atoms with van der Waals surface area (Å²) in [5.41, 5.74) is 4.28. The molecular weight excluding hydrogens is 340 g/mol. The van der Waals surface area contributed by atoms with E-state index in [9.17, 15) is 0 Å². The molecule has 3 aromatic rings. The van der Waals surface area contributed by atoms with Gasteiger partial charge in [-0.05, 0) is 11.5 Å². The highest BCUT2D eigenvalue weighted by molar-refractivity contribution is 7.18. The van der Waals surface area contributed by atoms with E-state index in [1.807, 2.05) is 0 Å². The number of fused-ring (bicyclic) bond motifs is 2. The van der Waals surface area contributed by atoms with E-state index in [2.05, 4.69) is 57.6 Å². The van der Waals surface area contributed by atoms with E-state index >= 15 is 0 Å². The highest BCUT2D eigenvalue weighted by Crippen LogP contribution is 2.35. The van der Waals surface area contributed by atoms with Crippen LogP contribution >= 0.6 is 22.7 Å². The fourth-order valence-electron chi connectivity index (χ4n) is 2.49. The second kappa shape index (κ2) is 5.87. The third-order valence-electron chi connectivity index (χ3n) is 3.79. The van der Waals surface area contributed by atoms with E-state index in [0.29, 0.717) is 0 Å². The van der Waals surface area contributed by atoms with Gasteiger partial charge in [0, 0.05) is 22.8 Å². The molecule has 0 fully saturated rings. The first-order chi connectivity index (χ1) is 11.5. The second-order valence-electron chi connectivity index (χ2n) is 6.70. The zero-order valence-corrected chi connectivity index (χ0v) is 15.4. The maximum atomic E-state index is 4.56. The molecule has 24 heavy (non-hydrogen) atoms. The number of hydrazone groups is 1. The van der Waals surface area contributed by atoms with Crippen LogP contribution in [0.15, 0.2) is 17.5 Å². The van der Waals surface area contributed by atoms with Gasteiger partial charge < -0.3 is 5.32 Å². The minimum Gasteiger partial charge on any atom is -0.306 e. The van der Waals surface area contributed by atoms with Crippen molar-refractivity contribution in [2.24, 2.45) is 5.10 Å². The van der Waals surface area contributed by atoms with Crippen LogP contribution in [0.25, 0.3) is 10.2 Å². The predicted octanol–water partition coefficient (Wildman–Crippen LogP) is 3.49. The van der Waals surface area contributed by atoms with Gasteiger partial charge in [-0.15, -0.1) is 22.7 Å². The van der Waals surface area contributed by atoms with Crippen molar-refractivity contribution in [1.29, 1.82) is 0 Å². The summed E-state index contributed by atoms with van der Waals surface area (Å²) in [7, 11) is 0. The molecule has 3 aromatic heterocycles. The van der Waals surface area contributed by atoms with Crippen LogP contribution in [-0.2, 0) is 18.5 Å². The fraction of sp³-hybridized carbons (Fsp3) is 0.375. The van der Waals surface area contributed by atoms with Crippen molar-refractivity contribution in [2.45, 2.75) is 39.3 Å². The Morgan fingerprint density at radius 1 is 1.25 bits per heavy atom. The molecule has 0 atom stereocenters. The summed E-state index contributed by atoms with van der Waals surface area (Å²) in [6.45, 7) is 8.36. The Labute approximate surface area is 148 Å². The maximum Gasteiger partial charge on any atom is 0.158 e. The van der Waals surface area contributed by atoms with Crippen LogP contribution in [0, 0.1) is 0 Å². The molecule has 8 heteroatoms. The van der Waals surface area contributed by atoms with Gasteiger partial charge >= 0.3 is 0 Å². The third kappa shape index (κ3) is 2.92. The first-order valence-corrected chi connectivity index (χ1v) is 9.37. The quantitative estimate of drug-likeness (QED) is 0.554. The fourth-order valence-corrected chi connectivity index (χ4v) is 4.47. The number of hydrogen-bond donors (Lipinski definition) is 2. The average Bonchev–Trinajstić information content (AvgIpc) is 3.19. The lowest BCUT2D eigenvalue weighted by Crippen LogP contribution is -2.07. The van der Waals surface area contributed by atoms with Crippen LogP contribution in [-0.4, -0.2) is 21.2 Å². The minimum absolute atomic E-state index is 0.0986. The van der Waals surface area contributed by atoms with Gasteiger partial charge in [0.1, 0.15) is 16.2 Å². The lowest BCUT2D eigenvalue weighted by molar-refractivity contribution is 0.604. The highest BCUT2D eigenvalue weighted by atomic mass is 32.1. The Morgan fingerprint density at radius 2 is 2.12 bits per heavy atom. The molecule has 1 aliphatic heterocycles. The van der Waals surface area contributed by atoms with Gasteiger partial charge in [0.25, 0.3) is 0 Å². The molecule has 0 saturated heterocycles. The second-order valence-corrected chi connectivity index (χ2v) is 8.84. The summed E-state index contributed by atoms with van der Waals surface area (Å²) in [5, 5.41) is 9.52. The molecule has 0 bridgehead atoms. The monoisotopic (exact) mass is 358 g/mol. The molecule has 0 amide bonds. The number of anilines is 1. The molecule has 0 unspecified atom stereocenters. The average molecular weight is 358 g/mol. The Hall–Kier alpha value is -1.90. The first kappa shape index (κ1) is 15.6. The largest absolute Gasteiger partial charge is 0.306 e. The molecule has 0 saturated carbocycles. The lowest BCUT2D eigenvalue weighted by atomic mass is 9.94. The summed E-state index contributed by atoms with van der Waals surface area (Å²) < 4.78 is 0. The minimum atomic E-state index is 0.0986. The highest BCUT2D eigenvalue weighted by Gasteiger charge is 2.19. The van der Waals surface area contributed by atoms with E-state index in [0.717, 1.165) is 39.8 Å². The van der Waals surface area contributed by atoms with Crippen LogP contribution in [0.1, 0.15) is 41.2 Å². The van der Waals surface area contributed by atoms with Gasteiger partial charge in [0.2, 0.25) is 0 Å². The van der Waals surface area contributed by atoms with E-state index in [4.69, 9.17) is 0 Å². The van der Waals surface area contributed by atoms with Gasteiger partial charge in [0.05, 0.1) is 17.3 Å². The van der Waals surface area contributed by atoms with E-state index < -0.39 is 0 Å². The molecule has 4 rings (SSSR count). The number of hydrogen-bond acceptors (Lipinski definition) is 8. The molecular formula is C16H18N6S2. The van der Waals surface area contributed by atoms with Gasteiger partial charge in [-0.25, -0.2) is 15.0 Å². The standard InChI is InChI=1S/C16H18N6S2/c1-16(2,3)12-4-9-14(18-8-19-15(9)24-12)22-20-7-13-21-10-5-17-6-11(10)23-13/h4,7-8,17H,5-6H2,1-3H3,(H,18,19,22). The SMILES string of the molecule is CC(C)(C)c1cc2c(NN=Cc3nc4c(s3)CNC4)ncnc2s1. The van der Waals surface area contributed by atoms with Crippen LogP contribution in [0.5, 0.6) is 0 Å². The van der Waals surface area contributed by atoms with Gasteiger partial charge in [-0.1, -0.05) is 20.8 Å². The first-order valence-electron chi connectivity index (χ1n) is 7.74. The van der Waals surface area contributed by atoms with Crippen molar-refractivity contribution in [1.82, 2.24) is 20.3 Å². The van der Waals surface area contributed by atoms with Gasteiger partial charge in [-0.3, -0.25) is 5.43 Å². The number of thiazole rings is 1. The van der Waals surface area contributed by atoms with Crippen molar-refractivity contribution in [3.05, 3.63) is 32.8 Å². The molecule has 2 N–H and O–H groups in total. The van der Waals surface area contributed by atoms with Crippen molar-refractivity contribution in [3.63, 3.8) is 0 Å². The Kier molecular flexibility index (Phi) is 3.82. The van der Waals surface area contributed by atoms with Crippen LogP contribution < -0.4 is 10.7 Å². The van der Waals surface area contributed by atoms with Crippen LogP contribution in [0.4, 0.5) is 5.82 Å². The third-order valence-corrected chi connectivity index (χ3v) is 6.29. The maximum absolute atomic E-state index is 4.56. The zero-order valence-electron chi connectivity index (χ0n) is 13.8. The summed E-state index contributed by atoms with van der Waals surface area (Å²) >= 11 is 3.38. The van der Waals surface area contributed by atoms with Crippen LogP contribution in [0.2, 0.25) is 0 Å². The van der Waals surface area contributed by atoms with Gasteiger partial charge in [0.15, 0.2) is 5.82 Å². The van der Waals surface area contributed by atoms with Crippen molar-refractivity contribution in [3.8, 4) is 0 Å². The van der Waals surface area contributed by atoms with Gasteiger partial charge in [-0.2, -0.15) is 5.10 Å². The van der Waals surface area contributed by atoms with E-state index in [1.165, 1.54) is 9.75 Å². The number of aromatic nitrogens is 3. The van der Waals surface area contributed by atoms with E-state index in [1.54, 1.807) is 35.2 Å². The molecule has 1 aliphatic rings. The summed E-state index contributed by atoms with van der Waals surface area (Å²) in [5.74, 6) is 0.730. The molecule has 6 nitrogen and oxygen atoms in total.